The van der Waals surface area contributed by atoms with Crippen LogP contribution >= 0.6 is 11.8 Å². The number of thioether (sulfide) groups is 1. The number of amides is 3. The lowest BCUT2D eigenvalue weighted by molar-refractivity contribution is -0.126. The summed E-state index contributed by atoms with van der Waals surface area (Å²) in [5.41, 5.74) is 0.821. The summed E-state index contributed by atoms with van der Waals surface area (Å²) in [6, 6.07) is 7.74. The van der Waals surface area contributed by atoms with Crippen molar-refractivity contribution in [3.05, 3.63) is 24.3 Å². The van der Waals surface area contributed by atoms with E-state index in [0.29, 0.717) is 19.6 Å². The molecule has 1 heterocycles. The van der Waals surface area contributed by atoms with E-state index in [1.807, 2.05) is 30.5 Å². The Bertz CT molecular complexity index is 589. The molecule has 2 rings (SSSR count). The van der Waals surface area contributed by atoms with Gasteiger partial charge in [-0.15, -0.1) is 11.8 Å². The molecule has 0 saturated carbocycles. The van der Waals surface area contributed by atoms with Crippen molar-refractivity contribution in [3.8, 4) is 0 Å². The number of hydrogen-bond acceptors (Lipinski definition) is 4. The molecular weight excluding hydrogens is 314 g/mol. The quantitative estimate of drug-likeness (QED) is 0.601. The van der Waals surface area contributed by atoms with Crippen LogP contribution in [0.2, 0.25) is 0 Å². The molecular formula is C16H21N3O3S. The van der Waals surface area contributed by atoms with Crippen molar-refractivity contribution in [2.45, 2.75) is 18.2 Å². The van der Waals surface area contributed by atoms with Crippen molar-refractivity contribution in [1.29, 1.82) is 0 Å². The summed E-state index contributed by atoms with van der Waals surface area (Å²) >= 11 is 1.64. The Balaban J connectivity index is 1.88. The third-order valence-corrected chi connectivity index (χ3v) is 4.42. The van der Waals surface area contributed by atoms with E-state index >= 15 is 0 Å². The third kappa shape index (κ3) is 4.72. The molecule has 0 unspecified atom stereocenters. The van der Waals surface area contributed by atoms with E-state index in [0.717, 1.165) is 10.6 Å². The van der Waals surface area contributed by atoms with E-state index in [4.69, 9.17) is 0 Å². The van der Waals surface area contributed by atoms with E-state index in [2.05, 4.69) is 10.6 Å². The SMILES string of the molecule is CSc1ccc(N2C[C@@H](C(=O)NCCNC(C)=O)CC2=O)cc1. The van der Waals surface area contributed by atoms with Crippen molar-refractivity contribution in [3.63, 3.8) is 0 Å². The zero-order chi connectivity index (χ0) is 16.8. The molecule has 1 aromatic rings. The highest BCUT2D eigenvalue weighted by Gasteiger charge is 2.34. The zero-order valence-corrected chi connectivity index (χ0v) is 14.1. The minimum absolute atomic E-state index is 0.0380. The number of nitrogens with one attached hydrogen (secondary N) is 2. The fraction of sp³-hybridized carbons (Fsp3) is 0.438. The molecule has 1 aromatic carbocycles. The first-order valence-corrected chi connectivity index (χ1v) is 8.70. The van der Waals surface area contributed by atoms with Crippen LogP contribution in [0.1, 0.15) is 13.3 Å². The summed E-state index contributed by atoms with van der Waals surface area (Å²) in [5, 5.41) is 5.37. The highest BCUT2D eigenvalue weighted by molar-refractivity contribution is 7.98. The number of carbonyl (C=O) groups is 3. The van der Waals surface area contributed by atoms with Crippen LogP contribution in [0.4, 0.5) is 5.69 Å². The highest BCUT2D eigenvalue weighted by Crippen LogP contribution is 2.27. The lowest BCUT2D eigenvalue weighted by Crippen LogP contribution is -2.37. The van der Waals surface area contributed by atoms with Gasteiger partial charge in [-0.2, -0.15) is 0 Å². The maximum Gasteiger partial charge on any atom is 0.227 e. The van der Waals surface area contributed by atoms with Gasteiger partial charge in [-0.05, 0) is 30.5 Å². The summed E-state index contributed by atoms with van der Waals surface area (Å²) in [6.07, 6.45) is 2.22. The molecule has 6 nitrogen and oxygen atoms in total. The third-order valence-electron chi connectivity index (χ3n) is 3.68. The van der Waals surface area contributed by atoms with Gasteiger partial charge in [0.05, 0.1) is 5.92 Å². The average Bonchev–Trinajstić information content (AvgIpc) is 2.93. The van der Waals surface area contributed by atoms with E-state index in [1.54, 1.807) is 16.7 Å². The molecule has 0 radical (unpaired) electrons. The topological polar surface area (TPSA) is 78.5 Å². The Morgan fingerprint density at radius 3 is 2.48 bits per heavy atom. The van der Waals surface area contributed by atoms with E-state index in [1.165, 1.54) is 6.92 Å². The molecule has 1 aliphatic rings. The molecule has 3 amide bonds. The highest BCUT2D eigenvalue weighted by atomic mass is 32.2. The molecule has 1 fully saturated rings. The largest absolute Gasteiger partial charge is 0.355 e. The molecule has 7 heteroatoms. The normalized spacial score (nSPS) is 17.2. The Hall–Kier alpha value is -2.02. The monoisotopic (exact) mass is 335 g/mol. The lowest BCUT2D eigenvalue weighted by atomic mass is 10.1. The first-order chi connectivity index (χ1) is 11.0. The van der Waals surface area contributed by atoms with Crippen LogP contribution in [0.15, 0.2) is 29.2 Å². The van der Waals surface area contributed by atoms with Crippen LogP contribution in [0, 0.1) is 5.92 Å². The van der Waals surface area contributed by atoms with Crippen LogP contribution in [0.5, 0.6) is 0 Å². The Morgan fingerprint density at radius 2 is 1.87 bits per heavy atom. The summed E-state index contributed by atoms with van der Waals surface area (Å²) in [7, 11) is 0. The van der Waals surface area contributed by atoms with Crippen LogP contribution in [0.25, 0.3) is 0 Å². The molecule has 0 aromatic heterocycles. The number of rotatable bonds is 6. The van der Waals surface area contributed by atoms with Crippen molar-refractivity contribution < 1.29 is 14.4 Å². The molecule has 0 bridgehead atoms. The first kappa shape index (κ1) is 17.3. The van der Waals surface area contributed by atoms with Crippen molar-refractivity contribution >= 4 is 35.2 Å². The van der Waals surface area contributed by atoms with E-state index < -0.39 is 0 Å². The van der Waals surface area contributed by atoms with Crippen LogP contribution in [-0.2, 0) is 14.4 Å². The molecule has 124 valence electrons. The van der Waals surface area contributed by atoms with Crippen LogP contribution in [0.3, 0.4) is 0 Å². The smallest absolute Gasteiger partial charge is 0.227 e. The van der Waals surface area contributed by atoms with Gasteiger partial charge in [0.15, 0.2) is 0 Å². The Labute approximate surface area is 140 Å². The van der Waals surface area contributed by atoms with Crippen molar-refractivity contribution in [2.24, 2.45) is 5.92 Å². The van der Waals surface area contributed by atoms with E-state index in [-0.39, 0.29) is 30.1 Å². The maximum atomic E-state index is 12.1. The van der Waals surface area contributed by atoms with Crippen molar-refractivity contribution in [1.82, 2.24) is 10.6 Å². The van der Waals surface area contributed by atoms with Gasteiger partial charge in [0.1, 0.15) is 0 Å². The Kier molecular flexibility index (Phi) is 6.04. The predicted molar refractivity (Wildman–Crippen MR) is 90.4 cm³/mol. The number of nitrogens with zero attached hydrogens (tertiary/aromatic N) is 1. The molecule has 1 aliphatic heterocycles. The first-order valence-electron chi connectivity index (χ1n) is 7.48. The standard InChI is InChI=1S/C16H21N3O3S/c1-11(20)17-7-8-18-16(22)12-9-15(21)19(10-12)13-3-5-14(23-2)6-4-13/h3-6,12H,7-10H2,1-2H3,(H,17,20)(H,18,22)/t12-/m0/s1. The number of hydrogen-bond donors (Lipinski definition) is 2. The fourth-order valence-corrected chi connectivity index (χ4v) is 2.87. The summed E-state index contributed by atoms with van der Waals surface area (Å²) in [5.74, 6) is -0.661. The maximum absolute atomic E-state index is 12.1. The molecule has 1 saturated heterocycles. The van der Waals surface area contributed by atoms with Crippen LogP contribution < -0.4 is 15.5 Å². The van der Waals surface area contributed by atoms with Gasteiger partial charge in [0.25, 0.3) is 0 Å². The van der Waals surface area contributed by atoms with Gasteiger partial charge in [0, 0.05) is 43.6 Å². The molecule has 1 atom stereocenters. The molecule has 2 N–H and O–H groups in total. The van der Waals surface area contributed by atoms with Gasteiger partial charge in [-0.1, -0.05) is 0 Å². The lowest BCUT2D eigenvalue weighted by Gasteiger charge is -2.17. The average molecular weight is 335 g/mol. The predicted octanol–water partition coefficient (Wildman–Crippen LogP) is 1.01. The van der Waals surface area contributed by atoms with Crippen molar-refractivity contribution in [2.75, 3.05) is 30.8 Å². The minimum atomic E-state index is -0.347. The van der Waals surface area contributed by atoms with Crippen LogP contribution in [-0.4, -0.2) is 43.6 Å². The number of benzene rings is 1. The zero-order valence-electron chi connectivity index (χ0n) is 13.3. The molecule has 23 heavy (non-hydrogen) atoms. The minimum Gasteiger partial charge on any atom is -0.355 e. The second-order valence-electron chi connectivity index (χ2n) is 5.38. The number of carbonyl (C=O) groups excluding carboxylic acids is 3. The van der Waals surface area contributed by atoms with E-state index in [9.17, 15) is 14.4 Å². The summed E-state index contributed by atoms with van der Waals surface area (Å²) < 4.78 is 0. The molecule has 0 aliphatic carbocycles. The Morgan fingerprint density at radius 1 is 1.22 bits per heavy atom. The molecule has 0 spiro atoms. The van der Waals surface area contributed by atoms with Gasteiger partial charge in [-0.3, -0.25) is 14.4 Å². The van der Waals surface area contributed by atoms with Gasteiger partial charge in [-0.25, -0.2) is 0 Å². The second kappa shape index (κ2) is 8.01. The number of anilines is 1. The van der Waals surface area contributed by atoms with Gasteiger partial charge >= 0.3 is 0 Å². The van der Waals surface area contributed by atoms with Gasteiger partial charge in [0.2, 0.25) is 17.7 Å². The summed E-state index contributed by atoms with van der Waals surface area (Å²) in [6.45, 7) is 2.58. The fourth-order valence-electron chi connectivity index (χ4n) is 2.46. The summed E-state index contributed by atoms with van der Waals surface area (Å²) in [4.78, 5) is 37.8. The van der Waals surface area contributed by atoms with Gasteiger partial charge < -0.3 is 15.5 Å². The second-order valence-corrected chi connectivity index (χ2v) is 6.26.